The highest BCUT2D eigenvalue weighted by molar-refractivity contribution is 7.86. The topological polar surface area (TPSA) is 178 Å². The van der Waals surface area contributed by atoms with Gasteiger partial charge in [-0.05, 0) is 134 Å². The standard InChI is InChI=1S/C53H69N4O9PS3/c1-34(2)57(35(3)4)67(66-28-18-24-54)65-27-17-13-16-26-56-46-23-21-40-43(30-39(69(59,60)61)31-47(40)70(62,63)64)50(46)53(10,11)49(56)33-42-38(7)41(51(42)68)32-48-52(8,9)44-29-36(5)20-22-45(44)55(48)25-15-12-14-19-37(6)58/h20-23,29-35H,7,12-19,25-28H2,1-6,8-11H3,(H2-,59,60,61,62,63,64,68)/p+1. The van der Waals surface area contributed by atoms with E-state index in [1.54, 1.807) is 19.1 Å². The molecule has 1 unspecified atom stereocenters. The number of anilines is 1. The second-order valence-corrected chi connectivity index (χ2v) is 24.9. The summed E-state index contributed by atoms with van der Waals surface area (Å²) in [4.78, 5) is 13.5. The summed E-state index contributed by atoms with van der Waals surface area (Å²) in [6.07, 6.45) is 10.1. The number of rotatable bonds is 23. The highest BCUT2D eigenvalue weighted by Crippen LogP contribution is 2.53. The van der Waals surface area contributed by atoms with Gasteiger partial charge in [0.2, 0.25) is 5.69 Å². The minimum absolute atomic E-state index is 0.119. The van der Waals surface area contributed by atoms with E-state index in [9.17, 15) is 30.7 Å². The van der Waals surface area contributed by atoms with E-state index in [1.807, 2.05) is 13.8 Å². The van der Waals surface area contributed by atoms with Crippen LogP contribution in [-0.4, -0.2) is 85.1 Å². The molecule has 3 aliphatic rings. The van der Waals surface area contributed by atoms with Crippen LogP contribution in [-0.2, 0) is 44.9 Å². The van der Waals surface area contributed by atoms with Crippen molar-refractivity contribution in [3.8, 4) is 6.07 Å². The number of nitrogens with zero attached hydrogens (tertiary/aromatic N) is 4. The second-order valence-electron chi connectivity index (χ2n) is 20.2. The Hall–Kier alpha value is -4.01. The Labute approximate surface area is 422 Å². The molecule has 3 aromatic rings. The Morgan fingerprint density at radius 3 is 2.19 bits per heavy atom. The average Bonchev–Trinajstić information content (AvgIpc) is 3.61. The Morgan fingerprint density at radius 2 is 1.57 bits per heavy atom. The largest absolute Gasteiger partial charge is 0.344 e. The highest BCUT2D eigenvalue weighted by Gasteiger charge is 2.48. The molecule has 17 heteroatoms. The molecule has 2 N–H and O–H groups in total. The molecule has 0 fully saturated rings. The summed E-state index contributed by atoms with van der Waals surface area (Å²) >= 11 is 5.14. The molecule has 0 spiro atoms. The van der Waals surface area contributed by atoms with E-state index in [0.29, 0.717) is 25.1 Å². The normalized spacial score (nSPS) is 18.2. The van der Waals surface area contributed by atoms with Crippen LogP contribution in [0, 0.1) is 18.3 Å². The molecule has 0 saturated heterocycles. The number of allylic oxidation sites excluding steroid dienone is 6. The number of aryl methyl sites for hydroxylation is 1. The number of unbranched alkanes of at least 4 members (excludes halogenated alkanes) is 4. The molecule has 1 aliphatic carbocycles. The van der Waals surface area contributed by atoms with Gasteiger partial charge in [0.1, 0.15) is 17.2 Å². The first-order valence-corrected chi connectivity index (χ1v) is 28.6. The number of thiol groups is 1. The van der Waals surface area contributed by atoms with Crippen LogP contribution in [0.5, 0.6) is 0 Å². The molecule has 0 aromatic heterocycles. The zero-order valence-electron chi connectivity index (χ0n) is 42.3. The lowest BCUT2D eigenvalue weighted by atomic mass is 9.76. The quantitative estimate of drug-likeness (QED) is 0.0270. The lowest BCUT2D eigenvalue weighted by molar-refractivity contribution is -0.438. The SMILES string of the molecule is C=C1C(=CC2=[N+](CCCCCOP(OCCC#N)N(C(C)C)C(C)C)c3ccc4c(S(=O)(=O)O)cc(S(=O)(=O)O)cc4c3C2(C)C)C(S)=C1C=C1N(CCCCCC(C)=O)c2ccc(C)cc2C1(C)C. The van der Waals surface area contributed by atoms with Gasteiger partial charge in [-0.15, -0.1) is 12.6 Å². The first kappa shape index (κ1) is 55.3. The molecule has 2 aliphatic heterocycles. The molecular formula is C53H70N4O9PS3+. The minimum atomic E-state index is -4.93. The zero-order valence-corrected chi connectivity index (χ0v) is 45.7. The minimum Gasteiger partial charge on any atom is -0.344 e. The van der Waals surface area contributed by atoms with Crippen molar-refractivity contribution in [3.63, 3.8) is 0 Å². The fourth-order valence-corrected chi connectivity index (χ4v) is 13.5. The summed E-state index contributed by atoms with van der Waals surface area (Å²) in [7, 11) is -11.2. The Bertz CT molecular complexity index is 2960. The number of hydrogen-bond donors (Lipinski definition) is 3. The van der Waals surface area contributed by atoms with Gasteiger partial charge in [-0.1, -0.05) is 44.5 Å². The Morgan fingerprint density at radius 1 is 0.900 bits per heavy atom. The van der Waals surface area contributed by atoms with Gasteiger partial charge in [-0.2, -0.15) is 26.7 Å². The first-order chi connectivity index (χ1) is 32.7. The number of ketones is 1. The summed E-state index contributed by atoms with van der Waals surface area (Å²) < 4.78 is 88.2. The maximum Gasteiger partial charge on any atom is 0.295 e. The van der Waals surface area contributed by atoms with Gasteiger partial charge in [0.25, 0.3) is 28.8 Å². The van der Waals surface area contributed by atoms with Crippen LogP contribution in [0.15, 0.2) is 98.3 Å². The smallest absolute Gasteiger partial charge is 0.295 e. The van der Waals surface area contributed by atoms with Crippen molar-refractivity contribution in [1.82, 2.24) is 4.67 Å². The molecule has 3 aromatic carbocycles. The van der Waals surface area contributed by atoms with E-state index in [-0.39, 0.29) is 47.1 Å². The van der Waals surface area contributed by atoms with Gasteiger partial charge in [-0.25, -0.2) is 4.67 Å². The lowest BCUT2D eigenvalue weighted by Gasteiger charge is -2.35. The highest BCUT2D eigenvalue weighted by atomic mass is 32.2. The van der Waals surface area contributed by atoms with Crippen molar-refractivity contribution in [2.45, 2.75) is 153 Å². The van der Waals surface area contributed by atoms with E-state index in [0.717, 1.165) is 95.5 Å². The third kappa shape index (κ3) is 11.6. The van der Waals surface area contributed by atoms with Crippen molar-refractivity contribution >= 4 is 75.0 Å². The average molecular weight is 1030 g/mol. The van der Waals surface area contributed by atoms with Crippen LogP contribution in [0.25, 0.3) is 10.8 Å². The van der Waals surface area contributed by atoms with Crippen LogP contribution in [0.1, 0.15) is 130 Å². The van der Waals surface area contributed by atoms with Gasteiger partial charge in [0.15, 0.2) is 5.71 Å². The van der Waals surface area contributed by atoms with E-state index < -0.39 is 44.0 Å². The molecule has 1 atom stereocenters. The van der Waals surface area contributed by atoms with Gasteiger partial charge in [0.05, 0.1) is 36.0 Å². The summed E-state index contributed by atoms with van der Waals surface area (Å²) in [5.41, 5.74) is 8.27. The molecule has 13 nitrogen and oxygen atoms in total. The number of carbonyl (C=O) groups excluding carboxylic acids is 1. The lowest BCUT2D eigenvalue weighted by Crippen LogP contribution is -2.33. The predicted octanol–water partition coefficient (Wildman–Crippen LogP) is 12.0. The van der Waals surface area contributed by atoms with Crippen LogP contribution in [0.2, 0.25) is 0 Å². The van der Waals surface area contributed by atoms with E-state index in [2.05, 4.69) is 106 Å². The van der Waals surface area contributed by atoms with Crippen molar-refractivity contribution in [2.75, 3.05) is 31.2 Å². The van der Waals surface area contributed by atoms with Crippen molar-refractivity contribution in [3.05, 3.63) is 105 Å². The molecule has 6 rings (SSSR count). The van der Waals surface area contributed by atoms with Crippen LogP contribution >= 0.6 is 21.2 Å². The van der Waals surface area contributed by atoms with Gasteiger partial charge in [-0.3, -0.25) is 9.11 Å². The Kier molecular flexibility index (Phi) is 17.4. The predicted molar refractivity (Wildman–Crippen MR) is 283 cm³/mol. The van der Waals surface area contributed by atoms with E-state index in [4.69, 9.17) is 26.9 Å². The molecular weight excluding hydrogens is 964 g/mol. The second kappa shape index (κ2) is 22.0. The van der Waals surface area contributed by atoms with Gasteiger partial charge in [0, 0.05) is 81.8 Å². The number of nitriles is 1. The molecule has 0 bridgehead atoms. The molecule has 0 radical (unpaired) electrons. The zero-order chi connectivity index (χ0) is 51.7. The monoisotopic (exact) mass is 1030 g/mol. The summed E-state index contributed by atoms with van der Waals surface area (Å²) in [5, 5.41) is 9.52. The number of hydrogen-bond acceptors (Lipinski definition) is 11. The first-order valence-electron chi connectivity index (χ1n) is 24.1. The number of benzene rings is 3. The summed E-state index contributed by atoms with van der Waals surface area (Å²) in [5.74, 6) is 0.202. The van der Waals surface area contributed by atoms with Gasteiger partial charge >= 0.3 is 0 Å². The maximum absolute atomic E-state index is 12.8. The van der Waals surface area contributed by atoms with Crippen molar-refractivity contribution < 1.29 is 44.4 Å². The van der Waals surface area contributed by atoms with Crippen LogP contribution in [0.4, 0.5) is 11.4 Å². The van der Waals surface area contributed by atoms with Crippen LogP contribution in [0.3, 0.4) is 0 Å². The Balaban J connectivity index is 1.39. The molecule has 0 amide bonds. The molecule has 2 heterocycles. The number of Topliss-reactive ketones (excluding diaryl/α,β-unsaturated/α-hetero) is 1. The van der Waals surface area contributed by atoms with E-state index in [1.165, 1.54) is 17.2 Å². The molecule has 378 valence electrons. The maximum atomic E-state index is 12.8. The molecule has 70 heavy (non-hydrogen) atoms. The third-order valence-electron chi connectivity index (χ3n) is 13.5. The fraction of sp³-hybridized carbons (Fsp3) is 0.491. The summed E-state index contributed by atoms with van der Waals surface area (Å²) in [6, 6.07) is 14.5. The van der Waals surface area contributed by atoms with Crippen molar-refractivity contribution in [2.24, 2.45) is 0 Å². The van der Waals surface area contributed by atoms with Crippen molar-refractivity contribution in [1.29, 1.82) is 5.26 Å². The third-order valence-corrected chi connectivity index (χ3v) is 17.9. The van der Waals surface area contributed by atoms with E-state index >= 15 is 0 Å². The van der Waals surface area contributed by atoms with Gasteiger partial charge < -0.3 is 18.7 Å². The molecule has 0 saturated carbocycles. The fourth-order valence-electron chi connectivity index (χ4n) is 10.1. The summed E-state index contributed by atoms with van der Waals surface area (Å²) in [6.45, 7) is 27.2. The van der Waals surface area contributed by atoms with Crippen LogP contribution < -0.4 is 4.90 Å². The number of carbonyl (C=O) groups is 1. The number of fused-ring (bicyclic) bond motifs is 4.